The lowest BCUT2D eigenvalue weighted by molar-refractivity contribution is -0.678. The number of imidazole rings is 1. The number of halogens is 4. The summed E-state index contributed by atoms with van der Waals surface area (Å²) in [7, 11) is 0. The van der Waals surface area contributed by atoms with Crippen LogP contribution < -0.4 is 28.5 Å². The van der Waals surface area contributed by atoms with Gasteiger partial charge in [-0.05, 0) is 37.7 Å². The van der Waals surface area contributed by atoms with Crippen molar-refractivity contribution in [1.82, 2.24) is 4.57 Å². The number of benzene rings is 1. The highest BCUT2D eigenvalue weighted by Gasteiger charge is 2.30. The van der Waals surface area contributed by atoms with E-state index in [1.54, 1.807) is 6.07 Å². The predicted molar refractivity (Wildman–Crippen MR) is 71.3 cm³/mol. The van der Waals surface area contributed by atoms with E-state index < -0.39 is 5.51 Å². The Morgan fingerprint density at radius 3 is 2.43 bits per heavy atom. The second-order valence-electron chi connectivity index (χ2n) is 4.26. The first-order chi connectivity index (χ1) is 9.41. The molecular weight excluding hydrogens is 416 g/mol. The molecule has 1 aromatic carbocycles. The molecule has 0 atom stereocenters. The normalized spacial score (nSPS) is 11.7. The van der Waals surface area contributed by atoms with E-state index in [-0.39, 0.29) is 47.2 Å². The molecule has 2 aromatic rings. The van der Waals surface area contributed by atoms with Crippen LogP contribution in [0.15, 0.2) is 23.1 Å². The largest absolute Gasteiger partial charge is 1.00 e. The lowest BCUT2D eigenvalue weighted by atomic mass is 10.3. The summed E-state index contributed by atoms with van der Waals surface area (Å²) in [6.07, 6.45) is 0. The summed E-state index contributed by atoms with van der Waals surface area (Å²) in [5, 5.41) is 9.49. The van der Waals surface area contributed by atoms with E-state index in [1.807, 2.05) is 23.0 Å². The van der Waals surface area contributed by atoms with Crippen LogP contribution in [0, 0.1) is 0 Å². The van der Waals surface area contributed by atoms with Crippen molar-refractivity contribution in [2.45, 2.75) is 43.9 Å². The number of rotatable bonds is 4. The molecule has 0 saturated heterocycles. The lowest BCUT2D eigenvalue weighted by Gasteiger charge is -2.04. The van der Waals surface area contributed by atoms with Gasteiger partial charge in [0, 0.05) is 11.0 Å². The van der Waals surface area contributed by atoms with Crippen LogP contribution in [0.2, 0.25) is 0 Å². The van der Waals surface area contributed by atoms with Gasteiger partial charge in [-0.15, -0.1) is 0 Å². The third-order valence-electron chi connectivity index (χ3n) is 3.16. The molecule has 3 nitrogen and oxygen atoms in total. The van der Waals surface area contributed by atoms with E-state index in [2.05, 4.69) is 0 Å². The molecule has 1 heterocycles. The second-order valence-corrected chi connectivity index (χ2v) is 5.40. The highest BCUT2D eigenvalue weighted by atomic mass is 127. The molecule has 0 aliphatic rings. The Hall–Kier alpha value is -0.480. The Balaban J connectivity index is 0.00000220. The molecule has 0 spiro atoms. The summed E-state index contributed by atoms with van der Waals surface area (Å²) in [5.41, 5.74) is -2.74. The SMILES string of the molecule is CCn1c(CO)[n+](CC)c2ccc(SC(F)(F)F)cc21.[I-]. The third kappa shape index (κ3) is 3.84. The molecule has 0 unspecified atom stereocenters. The van der Waals surface area contributed by atoms with Crippen molar-refractivity contribution in [3.63, 3.8) is 0 Å². The molecule has 0 bridgehead atoms. The van der Waals surface area contributed by atoms with Crippen LogP contribution in [0.5, 0.6) is 0 Å². The first kappa shape index (κ1) is 18.6. The molecule has 21 heavy (non-hydrogen) atoms. The standard InChI is InChI=1S/C13H16F3N2OS.HI/c1-3-17-10-6-5-9(20-13(14,15)16)7-11(10)18(4-2)12(17)8-19;/h5-7,19H,3-4,8H2,1-2H3;1H/q+1;/p-1. The Morgan fingerprint density at radius 1 is 1.29 bits per heavy atom. The van der Waals surface area contributed by atoms with Crippen molar-refractivity contribution < 1.29 is 46.8 Å². The molecule has 0 aliphatic carbocycles. The van der Waals surface area contributed by atoms with Gasteiger partial charge < -0.3 is 29.1 Å². The molecule has 118 valence electrons. The highest BCUT2D eigenvalue weighted by molar-refractivity contribution is 8.00. The van der Waals surface area contributed by atoms with E-state index in [0.717, 1.165) is 5.52 Å². The first-order valence-corrected chi connectivity index (χ1v) is 7.14. The smallest absolute Gasteiger partial charge is 0.446 e. The van der Waals surface area contributed by atoms with Crippen LogP contribution in [-0.2, 0) is 19.7 Å². The fraction of sp³-hybridized carbons (Fsp3) is 0.462. The maximum Gasteiger partial charge on any atom is 0.446 e. The van der Waals surface area contributed by atoms with E-state index in [1.165, 1.54) is 12.1 Å². The molecule has 8 heteroatoms. The summed E-state index contributed by atoms with van der Waals surface area (Å²) in [6, 6.07) is 4.67. The van der Waals surface area contributed by atoms with Crippen molar-refractivity contribution in [1.29, 1.82) is 0 Å². The lowest BCUT2D eigenvalue weighted by Crippen LogP contribution is -3.00. The van der Waals surface area contributed by atoms with E-state index in [9.17, 15) is 18.3 Å². The molecule has 0 radical (unpaired) electrons. The molecular formula is C13H16F3IN2OS. The molecule has 0 aliphatic heterocycles. The van der Waals surface area contributed by atoms with Crippen molar-refractivity contribution in [3.8, 4) is 0 Å². The quantitative estimate of drug-likeness (QED) is 0.422. The average Bonchev–Trinajstić information content (AvgIpc) is 2.68. The molecule has 1 aromatic heterocycles. The summed E-state index contributed by atoms with van der Waals surface area (Å²) >= 11 is -0.120. The maximum absolute atomic E-state index is 12.5. The molecule has 0 fully saturated rings. The van der Waals surface area contributed by atoms with Crippen molar-refractivity contribution >= 4 is 22.8 Å². The third-order valence-corrected chi connectivity index (χ3v) is 3.88. The summed E-state index contributed by atoms with van der Waals surface area (Å²) in [5.74, 6) is 0.708. The Kier molecular flexibility index (Phi) is 6.36. The van der Waals surface area contributed by atoms with Gasteiger partial charge in [0.2, 0.25) is 0 Å². The van der Waals surface area contributed by atoms with Crippen molar-refractivity contribution in [3.05, 3.63) is 24.0 Å². The maximum atomic E-state index is 12.5. The molecule has 2 rings (SSSR count). The number of hydrogen-bond acceptors (Lipinski definition) is 2. The zero-order chi connectivity index (χ0) is 14.9. The number of aromatic nitrogens is 2. The highest BCUT2D eigenvalue weighted by Crippen LogP contribution is 2.37. The number of aliphatic hydroxyl groups is 1. The first-order valence-electron chi connectivity index (χ1n) is 6.32. The Bertz CT molecular complexity index is 628. The number of hydrogen-bond donors (Lipinski definition) is 1. The number of thioether (sulfide) groups is 1. The molecule has 0 saturated carbocycles. The summed E-state index contributed by atoms with van der Waals surface area (Å²) < 4.78 is 41.1. The van der Waals surface area contributed by atoms with Crippen molar-refractivity contribution in [2.75, 3.05) is 0 Å². The van der Waals surface area contributed by atoms with Gasteiger partial charge in [-0.25, -0.2) is 9.13 Å². The molecule has 0 amide bonds. The van der Waals surface area contributed by atoms with Crippen molar-refractivity contribution in [2.24, 2.45) is 0 Å². The minimum absolute atomic E-state index is 0. The topological polar surface area (TPSA) is 29.0 Å². The predicted octanol–water partition coefficient (Wildman–Crippen LogP) is 0.0768. The number of fused-ring (bicyclic) bond motifs is 1. The Morgan fingerprint density at radius 2 is 1.95 bits per heavy atom. The minimum Gasteiger partial charge on any atom is -1.00 e. The fourth-order valence-electron chi connectivity index (χ4n) is 2.45. The average molecular weight is 432 g/mol. The van der Waals surface area contributed by atoms with Gasteiger partial charge in [0.05, 0.1) is 13.1 Å². The van der Waals surface area contributed by atoms with Crippen LogP contribution in [-0.4, -0.2) is 15.2 Å². The van der Waals surface area contributed by atoms with E-state index in [4.69, 9.17) is 0 Å². The van der Waals surface area contributed by atoms with Gasteiger partial charge in [-0.1, -0.05) is 0 Å². The second kappa shape index (κ2) is 7.19. The van der Waals surface area contributed by atoms with Gasteiger partial charge in [-0.2, -0.15) is 13.2 Å². The number of aliphatic hydroxyl groups excluding tert-OH is 1. The van der Waals surface area contributed by atoms with Gasteiger partial charge in [0.1, 0.15) is 6.61 Å². The summed E-state index contributed by atoms with van der Waals surface area (Å²) in [6.45, 7) is 4.96. The van der Waals surface area contributed by atoms with Crippen LogP contribution in [0.25, 0.3) is 11.0 Å². The van der Waals surface area contributed by atoms with Crippen LogP contribution in [0.3, 0.4) is 0 Å². The zero-order valence-corrected chi connectivity index (χ0v) is 14.6. The monoisotopic (exact) mass is 432 g/mol. The number of aryl methyl sites for hydroxylation is 2. The van der Waals surface area contributed by atoms with Gasteiger partial charge >= 0.3 is 5.51 Å². The van der Waals surface area contributed by atoms with Crippen LogP contribution >= 0.6 is 11.8 Å². The Labute approximate surface area is 142 Å². The van der Waals surface area contributed by atoms with Gasteiger partial charge in [-0.3, -0.25) is 0 Å². The zero-order valence-electron chi connectivity index (χ0n) is 11.6. The number of alkyl halides is 3. The van der Waals surface area contributed by atoms with E-state index in [0.29, 0.717) is 24.4 Å². The van der Waals surface area contributed by atoms with E-state index >= 15 is 0 Å². The number of nitrogens with zero attached hydrogens (tertiary/aromatic N) is 2. The van der Waals surface area contributed by atoms with Crippen LogP contribution in [0.1, 0.15) is 19.7 Å². The van der Waals surface area contributed by atoms with Crippen LogP contribution in [0.4, 0.5) is 13.2 Å². The van der Waals surface area contributed by atoms with Gasteiger partial charge in [0.15, 0.2) is 11.0 Å². The molecule has 1 N–H and O–H groups in total. The van der Waals surface area contributed by atoms with Gasteiger partial charge in [0.25, 0.3) is 5.82 Å². The summed E-state index contributed by atoms with van der Waals surface area (Å²) in [4.78, 5) is 0.157. The minimum atomic E-state index is -4.29. The fourth-order valence-corrected chi connectivity index (χ4v) is 3.02.